The molecule has 1 saturated carbocycles. The van der Waals surface area contributed by atoms with E-state index >= 15 is 0 Å². The van der Waals surface area contributed by atoms with Crippen LogP contribution >= 0.6 is 0 Å². The maximum absolute atomic E-state index is 12.5. The van der Waals surface area contributed by atoms with Gasteiger partial charge in [0, 0.05) is 24.1 Å². The van der Waals surface area contributed by atoms with Crippen LogP contribution in [0.4, 0.5) is 11.4 Å². The van der Waals surface area contributed by atoms with Gasteiger partial charge in [0.25, 0.3) is 11.4 Å². The van der Waals surface area contributed by atoms with Gasteiger partial charge in [0.2, 0.25) is 0 Å². The highest BCUT2D eigenvalue weighted by Crippen LogP contribution is 2.40. The first-order chi connectivity index (χ1) is 11.2. The molecule has 0 saturated heterocycles. The van der Waals surface area contributed by atoms with Crippen molar-refractivity contribution in [1.82, 2.24) is 5.43 Å². The maximum atomic E-state index is 12.5. The van der Waals surface area contributed by atoms with Gasteiger partial charge >= 0.3 is 0 Å². The standard InChI is InChI=1S/C15H16N4O5/c1-15(2)6-11-13(12(20)7-15)14(17-16-11)8-3-9(18(21)22)5-10(4-8)19(23)24/h3-5,11,13,16H,6-7H2,1-2H3/t11-,13-/m1/s1. The number of benzene rings is 1. The Morgan fingerprint density at radius 1 is 1.17 bits per heavy atom. The topological polar surface area (TPSA) is 128 Å². The number of fused-ring (bicyclic) bond motifs is 1. The van der Waals surface area contributed by atoms with Crippen LogP contribution in [-0.4, -0.2) is 27.4 Å². The number of non-ortho nitro benzene ring substituents is 2. The zero-order valence-corrected chi connectivity index (χ0v) is 13.2. The third-order valence-electron chi connectivity index (χ3n) is 4.44. The first kappa shape index (κ1) is 16.0. The van der Waals surface area contributed by atoms with Crippen LogP contribution in [-0.2, 0) is 4.79 Å². The Balaban J connectivity index is 2.02. The zero-order valence-electron chi connectivity index (χ0n) is 13.2. The minimum absolute atomic E-state index is 0.00541. The summed E-state index contributed by atoms with van der Waals surface area (Å²) in [6, 6.07) is 3.16. The van der Waals surface area contributed by atoms with Gasteiger partial charge in [-0.2, -0.15) is 5.10 Å². The van der Waals surface area contributed by atoms with Crippen LogP contribution in [0.25, 0.3) is 0 Å². The van der Waals surface area contributed by atoms with E-state index in [9.17, 15) is 25.0 Å². The van der Waals surface area contributed by atoms with Gasteiger partial charge in [-0.1, -0.05) is 13.8 Å². The summed E-state index contributed by atoms with van der Waals surface area (Å²) in [7, 11) is 0. The second-order valence-corrected chi connectivity index (χ2v) is 6.97. The molecule has 3 rings (SSSR count). The van der Waals surface area contributed by atoms with E-state index in [1.807, 2.05) is 13.8 Å². The smallest absolute Gasteiger partial charge is 0.276 e. The van der Waals surface area contributed by atoms with Crippen LogP contribution in [0, 0.1) is 31.6 Å². The third kappa shape index (κ3) is 2.72. The molecule has 0 amide bonds. The summed E-state index contributed by atoms with van der Waals surface area (Å²) < 4.78 is 0. The predicted octanol–water partition coefficient (Wildman–Crippen LogP) is 2.18. The number of rotatable bonds is 3. The molecular weight excluding hydrogens is 316 g/mol. The van der Waals surface area contributed by atoms with Gasteiger partial charge in [-0.15, -0.1) is 0 Å². The van der Waals surface area contributed by atoms with Crippen LogP contribution in [0.5, 0.6) is 0 Å². The quantitative estimate of drug-likeness (QED) is 0.667. The number of carbonyl (C=O) groups excluding carboxylic acids is 1. The van der Waals surface area contributed by atoms with Gasteiger partial charge in [0.15, 0.2) is 0 Å². The Kier molecular flexibility index (Phi) is 3.58. The minimum atomic E-state index is -0.692. The van der Waals surface area contributed by atoms with Crippen molar-refractivity contribution in [1.29, 1.82) is 0 Å². The van der Waals surface area contributed by atoms with Gasteiger partial charge in [0.1, 0.15) is 5.78 Å². The summed E-state index contributed by atoms with van der Waals surface area (Å²) in [4.78, 5) is 33.2. The molecule has 126 valence electrons. The number of ketones is 1. The fraction of sp³-hybridized carbons (Fsp3) is 0.467. The van der Waals surface area contributed by atoms with E-state index in [0.29, 0.717) is 12.1 Å². The van der Waals surface area contributed by atoms with Crippen LogP contribution < -0.4 is 5.43 Å². The van der Waals surface area contributed by atoms with Crippen molar-refractivity contribution in [2.75, 3.05) is 0 Å². The monoisotopic (exact) mass is 332 g/mol. The predicted molar refractivity (Wildman–Crippen MR) is 84.7 cm³/mol. The van der Waals surface area contributed by atoms with Crippen LogP contribution in [0.2, 0.25) is 0 Å². The molecule has 2 aliphatic rings. The van der Waals surface area contributed by atoms with Crippen molar-refractivity contribution in [3.8, 4) is 0 Å². The lowest BCUT2D eigenvalue weighted by atomic mass is 9.68. The van der Waals surface area contributed by atoms with Crippen LogP contribution in [0.15, 0.2) is 23.3 Å². The molecule has 0 unspecified atom stereocenters. The number of hydrazone groups is 1. The lowest BCUT2D eigenvalue weighted by molar-refractivity contribution is -0.394. The molecule has 9 nitrogen and oxygen atoms in total. The van der Waals surface area contributed by atoms with Crippen molar-refractivity contribution in [2.45, 2.75) is 32.7 Å². The summed E-state index contributed by atoms with van der Waals surface area (Å²) in [5.41, 5.74) is 2.56. The summed E-state index contributed by atoms with van der Waals surface area (Å²) in [6.45, 7) is 4.00. The molecule has 1 aromatic rings. The van der Waals surface area contributed by atoms with Gasteiger partial charge in [0.05, 0.1) is 33.6 Å². The Bertz CT molecular complexity index is 754. The van der Waals surface area contributed by atoms with E-state index in [-0.39, 0.29) is 22.8 Å². The highest BCUT2D eigenvalue weighted by molar-refractivity contribution is 6.16. The van der Waals surface area contributed by atoms with Gasteiger partial charge in [-0.05, 0) is 11.8 Å². The zero-order chi connectivity index (χ0) is 17.6. The molecule has 1 aliphatic carbocycles. The molecule has 0 spiro atoms. The average molecular weight is 332 g/mol. The molecule has 1 aliphatic heterocycles. The number of nitrogens with one attached hydrogen (secondary N) is 1. The van der Waals surface area contributed by atoms with E-state index in [1.165, 1.54) is 12.1 Å². The Labute approximate surface area is 137 Å². The Morgan fingerprint density at radius 2 is 1.75 bits per heavy atom. The van der Waals surface area contributed by atoms with E-state index in [2.05, 4.69) is 10.5 Å². The molecule has 0 aromatic heterocycles. The molecule has 9 heteroatoms. The molecule has 24 heavy (non-hydrogen) atoms. The molecule has 1 N–H and O–H groups in total. The third-order valence-corrected chi connectivity index (χ3v) is 4.44. The Hall–Kier alpha value is -2.84. The molecule has 1 heterocycles. The highest BCUT2D eigenvalue weighted by Gasteiger charge is 2.46. The average Bonchev–Trinajstić information content (AvgIpc) is 2.89. The fourth-order valence-corrected chi connectivity index (χ4v) is 3.47. The van der Waals surface area contributed by atoms with Crippen LogP contribution in [0.1, 0.15) is 32.3 Å². The van der Waals surface area contributed by atoms with E-state index in [1.54, 1.807) is 0 Å². The fourth-order valence-electron chi connectivity index (χ4n) is 3.47. The van der Waals surface area contributed by atoms with Crippen molar-refractivity contribution < 1.29 is 14.6 Å². The number of hydrogen-bond donors (Lipinski definition) is 1. The number of nitrogens with zero attached hydrogens (tertiary/aromatic N) is 3. The SMILES string of the molecule is CC1(C)CC(=O)[C@@H]2C(c3cc([N+](=O)[O-])cc([N+](=O)[O-])c3)=NN[C@@H]2C1. The molecule has 0 radical (unpaired) electrons. The number of Topliss-reactive ketones (excluding diaryl/α,β-unsaturated/α-hetero) is 1. The molecule has 0 bridgehead atoms. The molecule has 2 atom stereocenters. The summed E-state index contributed by atoms with van der Waals surface area (Å²) in [5, 5.41) is 26.2. The summed E-state index contributed by atoms with van der Waals surface area (Å²) in [5.74, 6) is -0.534. The summed E-state index contributed by atoms with van der Waals surface area (Å²) in [6.07, 6.45) is 1.11. The first-order valence-electron chi connectivity index (χ1n) is 7.48. The normalized spacial score (nSPS) is 24.8. The molecule has 1 fully saturated rings. The van der Waals surface area contributed by atoms with Gasteiger partial charge in [-0.25, -0.2) is 0 Å². The van der Waals surface area contributed by atoms with Crippen molar-refractivity contribution in [3.05, 3.63) is 44.0 Å². The first-order valence-corrected chi connectivity index (χ1v) is 7.48. The second-order valence-electron chi connectivity index (χ2n) is 6.97. The van der Waals surface area contributed by atoms with Crippen molar-refractivity contribution in [3.63, 3.8) is 0 Å². The largest absolute Gasteiger partial charge is 0.306 e. The number of carbonyl (C=O) groups is 1. The van der Waals surface area contributed by atoms with E-state index in [4.69, 9.17) is 0 Å². The number of nitro benzene ring substituents is 2. The number of nitro groups is 2. The van der Waals surface area contributed by atoms with E-state index in [0.717, 1.165) is 12.5 Å². The summed E-state index contributed by atoms with van der Waals surface area (Å²) >= 11 is 0. The highest BCUT2D eigenvalue weighted by atomic mass is 16.6. The lowest BCUT2D eigenvalue weighted by Crippen LogP contribution is -2.45. The minimum Gasteiger partial charge on any atom is -0.306 e. The molecular formula is C15H16N4O5. The van der Waals surface area contributed by atoms with Gasteiger partial charge < -0.3 is 5.43 Å². The second kappa shape index (κ2) is 5.36. The number of hydrogen-bond acceptors (Lipinski definition) is 7. The maximum Gasteiger partial charge on any atom is 0.276 e. The van der Waals surface area contributed by atoms with Crippen molar-refractivity contribution in [2.24, 2.45) is 16.4 Å². The molecule has 1 aromatic carbocycles. The van der Waals surface area contributed by atoms with Crippen LogP contribution in [0.3, 0.4) is 0 Å². The van der Waals surface area contributed by atoms with Crippen molar-refractivity contribution >= 4 is 22.9 Å². The van der Waals surface area contributed by atoms with E-state index < -0.39 is 27.1 Å². The lowest BCUT2D eigenvalue weighted by Gasteiger charge is -2.36. The Morgan fingerprint density at radius 3 is 2.29 bits per heavy atom. The van der Waals surface area contributed by atoms with Gasteiger partial charge in [-0.3, -0.25) is 25.0 Å².